The molecule has 6 nitrogen and oxygen atoms in total. The molecule has 0 aromatic rings. The average molecular weight is 589 g/mol. The fourth-order valence-electron chi connectivity index (χ4n) is 11.5. The maximum atomic E-state index is 14.7. The molecule has 0 bridgehead atoms. The van der Waals surface area contributed by atoms with Gasteiger partial charge in [-0.25, -0.2) is 0 Å². The smallest absolute Gasteiger partial charge is 0.222 e. The number of carbonyl (C=O) groups excluding carboxylic acids is 3. The van der Waals surface area contributed by atoms with Crippen molar-refractivity contribution in [2.24, 2.45) is 50.2 Å². The maximum Gasteiger partial charge on any atom is 0.222 e. The van der Waals surface area contributed by atoms with Gasteiger partial charge in [0, 0.05) is 36.3 Å². The van der Waals surface area contributed by atoms with Crippen LogP contribution in [0.15, 0.2) is 23.3 Å². The minimum atomic E-state index is -0.653. The molecular weight excluding hydrogens is 536 g/mol. The largest absolute Gasteiger partial charge is 0.378 e. The van der Waals surface area contributed by atoms with Gasteiger partial charge in [-0.2, -0.15) is 5.26 Å². The number of hydrogen-bond donors (Lipinski definition) is 0. The van der Waals surface area contributed by atoms with Crippen molar-refractivity contribution in [1.82, 2.24) is 4.90 Å². The number of rotatable bonds is 3. The summed E-state index contributed by atoms with van der Waals surface area (Å²) in [6.45, 7) is 18.3. The van der Waals surface area contributed by atoms with Gasteiger partial charge in [-0.15, -0.1) is 0 Å². The molecule has 0 aromatic heterocycles. The van der Waals surface area contributed by atoms with Crippen LogP contribution in [0.3, 0.4) is 0 Å². The van der Waals surface area contributed by atoms with Crippen LogP contribution in [0.5, 0.6) is 0 Å². The summed E-state index contributed by atoms with van der Waals surface area (Å²) in [4.78, 5) is 43.3. The Bertz CT molecular complexity index is 1340. The van der Waals surface area contributed by atoms with Crippen molar-refractivity contribution in [2.75, 3.05) is 26.3 Å². The quantitative estimate of drug-likeness (QED) is 0.360. The highest BCUT2D eigenvalue weighted by Gasteiger charge is 2.69. The first-order valence-corrected chi connectivity index (χ1v) is 16.8. The second-order valence-corrected chi connectivity index (χ2v) is 17.1. The Balaban J connectivity index is 1.40. The molecule has 1 saturated heterocycles. The number of ether oxygens (including phenoxy) is 1. The van der Waals surface area contributed by atoms with Crippen LogP contribution in [0.1, 0.15) is 106 Å². The highest BCUT2D eigenvalue weighted by molar-refractivity contribution is 6.04. The molecule has 0 aromatic carbocycles. The monoisotopic (exact) mass is 588 g/mol. The van der Waals surface area contributed by atoms with E-state index in [0.717, 1.165) is 56.9 Å². The number of allylic oxidation sites excluding steroid dienone is 4. The third kappa shape index (κ3) is 4.30. The summed E-state index contributed by atoms with van der Waals surface area (Å²) < 4.78 is 5.48. The number of Topliss-reactive ketones (excluding diaryl/α,β-unsaturated/α-hetero) is 1. The van der Waals surface area contributed by atoms with E-state index in [1.807, 2.05) is 30.9 Å². The van der Waals surface area contributed by atoms with E-state index in [1.54, 1.807) is 0 Å². The molecule has 1 amide bonds. The second-order valence-electron chi connectivity index (χ2n) is 17.1. The van der Waals surface area contributed by atoms with Crippen molar-refractivity contribution in [3.05, 3.63) is 23.3 Å². The Hall–Kier alpha value is -2.26. The Morgan fingerprint density at radius 3 is 2.35 bits per heavy atom. The molecule has 234 valence electrons. The lowest BCUT2D eigenvalue weighted by atomic mass is 9.34. The van der Waals surface area contributed by atoms with Gasteiger partial charge in [0.2, 0.25) is 5.91 Å². The number of morpholine rings is 1. The Morgan fingerprint density at radius 1 is 1.00 bits per heavy atom. The van der Waals surface area contributed by atoms with Crippen LogP contribution in [0, 0.1) is 61.6 Å². The average Bonchev–Trinajstić information content (AvgIpc) is 2.95. The molecular formula is C37H52N2O4. The van der Waals surface area contributed by atoms with Crippen molar-refractivity contribution in [2.45, 2.75) is 106 Å². The first kappa shape index (κ1) is 30.8. The van der Waals surface area contributed by atoms with E-state index in [1.165, 1.54) is 0 Å². The van der Waals surface area contributed by atoms with Crippen LogP contribution in [0.4, 0.5) is 0 Å². The van der Waals surface area contributed by atoms with Gasteiger partial charge in [-0.1, -0.05) is 60.1 Å². The van der Waals surface area contributed by atoms with Gasteiger partial charge in [-0.3, -0.25) is 14.4 Å². The lowest BCUT2D eigenvalue weighted by molar-refractivity contribution is -0.173. The van der Waals surface area contributed by atoms with Gasteiger partial charge in [0.05, 0.1) is 18.8 Å². The normalized spacial score (nSPS) is 43.2. The van der Waals surface area contributed by atoms with Crippen LogP contribution >= 0.6 is 0 Å². The minimum absolute atomic E-state index is 0.00718. The molecule has 6 rings (SSSR count). The molecule has 6 aliphatic rings. The maximum absolute atomic E-state index is 14.7. The summed E-state index contributed by atoms with van der Waals surface area (Å²) >= 11 is 0. The first-order valence-electron chi connectivity index (χ1n) is 16.8. The van der Waals surface area contributed by atoms with Gasteiger partial charge in [-0.05, 0) is 90.9 Å². The molecule has 1 heterocycles. The molecule has 6 heteroatoms. The van der Waals surface area contributed by atoms with Crippen molar-refractivity contribution in [1.29, 1.82) is 5.26 Å². The van der Waals surface area contributed by atoms with Gasteiger partial charge in [0.15, 0.2) is 11.6 Å². The topological polar surface area (TPSA) is 87.5 Å². The van der Waals surface area contributed by atoms with Crippen LogP contribution in [0.2, 0.25) is 0 Å². The number of nitrogens with zero attached hydrogens (tertiary/aromatic N) is 2. The van der Waals surface area contributed by atoms with Crippen LogP contribution in [-0.4, -0.2) is 48.7 Å². The van der Waals surface area contributed by atoms with Gasteiger partial charge in [0.25, 0.3) is 0 Å². The van der Waals surface area contributed by atoms with Crippen molar-refractivity contribution in [3.8, 4) is 6.07 Å². The predicted molar refractivity (Wildman–Crippen MR) is 166 cm³/mol. The summed E-state index contributed by atoms with van der Waals surface area (Å²) in [5.41, 5.74) is -0.0232. The fourth-order valence-corrected chi connectivity index (χ4v) is 11.5. The molecule has 3 saturated carbocycles. The first-order chi connectivity index (χ1) is 20.0. The number of amides is 1. The minimum Gasteiger partial charge on any atom is -0.378 e. The summed E-state index contributed by atoms with van der Waals surface area (Å²) in [6, 6.07) is 2.21. The van der Waals surface area contributed by atoms with Crippen molar-refractivity contribution < 1.29 is 19.1 Å². The zero-order valence-corrected chi connectivity index (χ0v) is 27.6. The number of fused-ring (bicyclic) bond motifs is 7. The van der Waals surface area contributed by atoms with E-state index < -0.39 is 10.8 Å². The van der Waals surface area contributed by atoms with E-state index in [-0.39, 0.29) is 62.5 Å². The zero-order chi connectivity index (χ0) is 31.2. The van der Waals surface area contributed by atoms with Crippen LogP contribution in [0.25, 0.3) is 0 Å². The summed E-state index contributed by atoms with van der Waals surface area (Å²) in [6.07, 6.45) is 12.5. The molecule has 0 N–H and O–H groups in total. The summed E-state index contributed by atoms with van der Waals surface area (Å²) in [7, 11) is 0. The SMILES string of the molecule is CC1(C)CCC2(CCC(=O)N3CCOCC3)CCC3(C)C(C(=O)C=C4C5(C)C=C(C#N)C(=O)C(C)(C)C5CCC43C)C2C1. The standard InChI is InChI=1S/C37H52N2O4/c1-32(2)12-14-37(11-9-29(41)39-16-18-43-19-17-39)15-13-36(7)30(25(37)22-32)26(40)20-28-34(5)21-24(23-38)31(42)33(3,4)27(34)8-10-35(28,36)6/h20-21,25,27,30H,8-19,22H2,1-7H3. The predicted octanol–water partition coefficient (Wildman–Crippen LogP) is 6.84. The Morgan fingerprint density at radius 2 is 1.67 bits per heavy atom. The van der Waals surface area contributed by atoms with E-state index in [2.05, 4.69) is 40.7 Å². The van der Waals surface area contributed by atoms with Crippen LogP contribution < -0.4 is 0 Å². The van der Waals surface area contributed by atoms with Gasteiger partial charge in [0.1, 0.15) is 6.07 Å². The number of hydrogen-bond acceptors (Lipinski definition) is 5. The number of ketones is 2. The molecule has 7 unspecified atom stereocenters. The van der Waals surface area contributed by atoms with Crippen LogP contribution in [-0.2, 0) is 19.1 Å². The number of nitriles is 1. The van der Waals surface area contributed by atoms with E-state index >= 15 is 0 Å². The number of carbonyl (C=O) groups is 3. The Kier molecular flexibility index (Phi) is 7.06. The molecule has 5 aliphatic carbocycles. The zero-order valence-electron chi connectivity index (χ0n) is 27.6. The fraction of sp³-hybridized carbons (Fsp3) is 0.784. The molecule has 0 radical (unpaired) electrons. The van der Waals surface area contributed by atoms with E-state index in [4.69, 9.17) is 4.74 Å². The summed E-state index contributed by atoms with van der Waals surface area (Å²) in [5, 5.41) is 9.97. The molecule has 7 atom stereocenters. The third-order valence-corrected chi connectivity index (χ3v) is 14.2. The second kappa shape index (κ2) is 9.87. The van der Waals surface area contributed by atoms with Gasteiger partial charge >= 0.3 is 0 Å². The van der Waals surface area contributed by atoms with Crippen molar-refractivity contribution in [3.63, 3.8) is 0 Å². The van der Waals surface area contributed by atoms with Crippen molar-refractivity contribution >= 4 is 17.5 Å². The lowest BCUT2D eigenvalue weighted by Crippen LogP contribution is -2.64. The Labute approximate surface area is 258 Å². The van der Waals surface area contributed by atoms with E-state index in [0.29, 0.717) is 32.7 Å². The molecule has 1 aliphatic heterocycles. The molecule has 0 spiro atoms. The molecule has 4 fully saturated rings. The molecule has 43 heavy (non-hydrogen) atoms. The highest BCUT2D eigenvalue weighted by atomic mass is 16.5. The van der Waals surface area contributed by atoms with E-state index in [9.17, 15) is 19.6 Å². The van der Waals surface area contributed by atoms with Gasteiger partial charge < -0.3 is 9.64 Å². The third-order valence-electron chi connectivity index (χ3n) is 14.2. The summed E-state index contributed by atoms with van der Waals surface area (Å²) in [5.74, 6) is 0.635. The highest BCUT2D eigenvalue weighted by Crippen LogP contribution is 2.75. The lowest BCUT2D eigenvalue weighted by Gasteiger charge is -2.69.